The smallest absolute Gasteiger partial charge is 0.422 e. The number of aryl methyl sites for hydroxylation is 1. The molecule has 1 aromatic heterocycles. The van der Waals surface area contributed by atoms with Crippen LogP contribution in [0.5, 0.6) is 11.5 Å². The number of aromatic nitrogens is 1. The summed E-state index contributed by atoms with van der Waals surface area (Å²) in [5, 5.41) is 12.2. The van der Waals surface area contributed by atoms with Crippen LogP contribution in [0, 0.1) is 0 Å². The molecule has 0 radical (unpaired) electrons. The molecular formula is C35H38ClF3N2O5. The number of piperidine rings is 1. The summed E-state index contributed by atoms with van der Waals surface area (Å²) in [4.78, 5) is 13.4. The summed E-state index contributed by atoms with van der Waals surface area (Å²) in [7, 11) is 1.53. The zero-order chi connectivity index (χ0) is 32.9. The summed E-state index contributed by atoms with van der Waals surface area (Å²) in [6.07, 6.45) is -2.10. The molecule has 3 aromatic carbocycles. The number of aliphatic hydroxyl groups is 1. The molecule has 5 rings (SSSR count). The zero-order valence-corrected chi connectivity index (χ0v) is 26.6. The first kappa shape index (κ1) is 33.6. The topological polar surface area (TPSA) is 73.2 Å². The van der Waals surface area contributed by atoms with E-state index in [0.717, 1.165) is 11.1 Å². The molecule has 0 amide bonds. The standard InChI is InChI=1S/C35H38ClF3N2O5/c1-3-45-33(42)14-10-24-9-13-31(32(19-24)44-2)46-27-15-17-40(18-16-27)23-34(43,35(37,38)39)29-22-41(21-25-7-5-4-6-8-25)30-20-26(36)11-12-28(29)30/h4-9,11-13,19-20,22,27,43H,3,10,14-18,21,23H2,1-2H3. The summed E-state index contributed by atoms with van der Waals surface area (Å²) in [6, 6.07) is 19.6. The molecule has 7 nitrogen and oxygen atoms in total. The number of likely N-dealkylation sites (tertiary alicyclic amines) is 1. The summed E-state index contributed by atoms with van der Waals surface area (Å²) in [5.41, 5.74) is -0.995. The van der Waals surface area contributed by atoms with Crippen molar-refractivity contribution >= 4 is 28.5 Å². The highest BCUT2D eigenvalue weighted by Gasteiger charge is 2.57. The number of benzene rings is 3. The van der Waals surface area contributed by atoms with E-state index in [1.807, 2.05) is 42.5 Å². The van der Waals surface area contributed by atoms with Gasteiger partial charge < -0.3 is 23.9 Å². The van der Waals surface area contributed by atoms with Crippen LogP contribution in [0.25, 0.3) is 10.9 Å². The Balaban J connectivity index is 1.29. The minimum atomic E-state index is -4.94. The van der Waals surface area contributed by atoms with E-state index in [0.29, 0.717) is 72.9 Å². The quantitative estimate of drug-likeness (QED) is 0.163. The van der Waals surface area contributed by atoms with Gasteiger partial charge in [-0.1, -0.05) is 54.1 Å². The summed E-state index contributed by atoms with van der Waals surface area (Å²) < 4.78 is 62.9. The van der Waals surface area contributed by atoms with Gasteiger partial charge in [-0.05, 0) is 61.6 Å². The van der Waals surface area contributed by atoms with Gasteiger partial charge in [-0.2, -0.15) is 13.2 Å². The van der Waals surface area contributed by atoms with Gasteiger partial charge in [-0.25, -0.2) is 0 Å². The van der Waals surface area contributed by atoms with Crippen molar-refractivity contribution in [2.75, 3.05) is 33.4 Å². The van der Waals surface area contributed by atoms with Gasteiger partial charge in [-0.15, -0.1) is 0 Å². The number of nitrogens with zero attached hydrogens (tertiary/aromatic N) is 2. The number of hydrogen-bond donors (Lipinski definition) is 1. The van der Waals surface area contributed by atoms with Gasteiger partial charge >= 0.3 is 12.1 Å². The number of ether oxygens (including phenoxy) is 3. The van der Waals surface area contributed by atoms with Gasteiger partial charge in [0, 0.05) is 54.8 Å². The monoisotopic (exact) mass is 658 g/mol. The first-order valence-electron chi connectivity index (χ1n) is 15.3. The van der Waals surface area contributed by atoms with Crippen molar-refractivity contribution in [2.24, 2.45) is 0 Å². The van der Waals surface area contributed by atoms with Crippen LogP contribution in [0.1, 0.15) is 42.9 Å². The maximum absolute atomic E-state index is 14.8. The largest absolute Gasteiger partial charge is 0.493 e. The maximum Gasteiger partial charge on any atom is 0.422 e. The lowest BCUT2D eigenvalue weighted by Crippen LogP contribution is -2.53. The van der Waals surface area contributed by atoms with E-state index in [2.05, 4.69) is 0 Å². The van der Waals surface area contributed by atoms with Crippen LogP contribution in [0.4, 0.5) is 13.2 Å². The number of carbonyl (C=O) groups excluding carboxylic acids is 1. The molecule has 1 aliphatic rings. The number of alkyl halides is 3. The Kier molecular flexibility index (Phi) is 10.5. The van der Waals surface area contributed by atoms with Crippen molar-refractivity contribution in [3.05, 3.63) is 94.6 Å². The van der Waals surface area contributed by atoms with Gasteiger partial charge in [0.05, 0.1) is 19.2 Å². The molecule has 0 bridgehead atoms. The average Bonchev–Trinajstić information content (AvgIpc) is 3.39. The molecule has 0 aliphatic carbocycles. The van der Waals surface area contributed by atoms with E-state index in [9.17, 15) is 23.1 Å². The van der Waals surface area contributed by atoms with Crippen LogP contribution in [0.15, 0.2) is 72.9 Å². The van der Waals surface area contributed by atoms with Gasteiger partial charge in [0.25, 0.3) is 0 Å². The van der Waals surface area contributed by atoms with Crippen molar-refractivity contribution in [3.63, 3.8) is 0 Å². The van der Waals surface area contributed by atoms with E-state index >= 15 is 0 Å². The van der Waals surface area contributed by atoms with Crippen molar-refractivity contribution < 1.29 is 37.3 Å². The van der Waals surface area contributed by atoms with Crippen molar-refractivity contribution in [2.45, 2.75) is 57.0 Å². The Morgan fingerprint density at radius 2 is 1.74 bits per heavy atom. The van der Waals surface area contributed by atoms with Gasteiger partial charge in [-0.3, -0.25) is 9.69 Å². The molecule has 46 heavy (non-hydrogen) atoms. The van der Waals surface area contributed by atoms with Crippen LogP contribution < -0.4 is 9.47 Å². The second-order valence-corrected chi connectivity index (χ2v) is 12.0. The molecule has 4 aromatic rings. The molecule has 1 unspecified atom stereocenters. The Hall–Kier alpha value is -3.73. The molecule has 1 N–H and O–H groups in total. The Morgan fingerprint density at radius 1 is 1.00 bits per heavy atom. The first-order valence-corrected chi connectivity index (χ1v) is 15.7. The first-order chi connectivity index (χ1) is 22.0. The van der Waals surface area contributed by atoms with Crippen LogP contribution in [-0.4, -0.2) is 66.2 Å². The minimum Gasteiger partial charge on any atom is -0.493 e. The number of carbonyl (C=O) groups is 1. The second-order valence-electron chi connectivity index (χ2n) is 11.6. The van der Waals surface area contributed by atoms with Crippen molar-refractivity contribution in [1.29, 1.82) is 0 Å². The third kappa shape index (κ3) is 7.62. The molecule has 0 saturated carbocycles. The molecule has 1 fully saturated rings. The van der Waals surface area contributed by atoms with Gasteiger partial charge in [0.1, 0.15) is 6.10 Å². The van der Waals surface area contributed by atoms with E-state index in [1.165, 1.54) is 13.3 Å². The number of methoxy groups -OCH3 is 1. The van der Waals surface area contributed by atoms with Crippen LogP contribution >= 0.6 is 11.6 Å². The van der Waals surface area contributed by atoms with E-state index in [4.69, 9.17) is 25.8 Å². The molecule has 2 heterocycles. The average molecular weight is 659 g/mol. The van der Waals surface area contributed by atoms with Crippen LogP contribution in [-0.2, 0) is 28.1 Å². The molecule has 1 saturated heterocycles. The SMILES string of the molecule is CCOC(=O)CCc1ccc(OC2CCN(CC(O)(c3cn(Cc4ccccc4)c4cc(Cl)ccc34)C(F)(F)F)CC2)c(OC)c1. The molecule has 1 aliphatic heterocycles. The number of fused-ring (bicyclic) bond motifs is 1. The molecule has 246 valence electrons. The third-order valence-electron chi connectivity index (χ3n) is 8.39. The molecule has 0 spiro atoms. The van der Waals surface area contributed by atoms with Crippen molar-refractivity contribution in [1.82, 2.24) is 9.47 Å². The fraction of sp³-hybridized carbons (Fsp3) is 0.400. The lowest BCUT2D eigenvalue weighted by atomic mass is 9.91. The van der Waals surface area contributed by atoms with Gasteiger partial charge in [0.15, 0.2) is 11.5 Å². The number of β-amino-alcohol motifs (C(OH)–C–C–N with tert-alkyl or cyclic N) is 1. The number of halogens is 4. The number of esters is 1. The minimum absolute atomic E-state index is 0.200. The maximum atomic E-state index is 14.8. The molecule has 11 heteroatoms. The van der Waals surface area contributed by atoms with Gasteiger partial charge in [0.2, 0.25) is 5.60 Å². The normalized spacial score (nSPS) is 15.9. The third-order valence-corrected chi connectivity index (χ3v) is 8.62. The molecular weight excluding hydrogens is 621 g/mol. The highest BCUT2D eigenvalue weighted by molar-refractivity contribution is 6.31. The lowest BCUT2D eigenvalue weighted by Gasteiger charge is -2.39. The Bertz CT molecular complexity index is 1640. The fourth-order valence-electron chi connectivity index (χ4n) is 5.97. The molecule has 1 atom stereocenters. The number of hydrogen-bond acceptors (Lipinski definition) is 6. The van der Waals surface area contributed by atoms with E-state index < -0.39 is 18.3 Å². The van der Waals surface area contributed by atoms with E-state index in [1.54, 1.807) is 40.7 Å². The van der Waals surface area contributed by atoms with E-state index in [-0.39, 0.29) is 24.1 Å². The van der Waals surface area contributed by atoms with Crippen molar-refractivity contribution in [3.8, 4) is 11.5 Å². The van der Waals surface area contributed by atoms with Crippen LogP contribution in [0.3, 0.4) is 0 Å². The summed E-state index contributed by atoms with van der Waals surface area (Å²) in [6.45, 7) is 2.41. The predicted molar refractivity (Wildman–Crippen MR) is 170 cm³/mol. The second kappa shape index (κ2) is 14.4. The summed E-state index contributed by atoms with van der Waals surface area (Å²) >= 11 is 6.25. The summed E-state index contributed by atoms with van der Waals surface area (Å²) in [5.74, 6) is 0.771. The number of rotatable bonds is 12. The van der Waals surface area contributed by atoms with Crippen LogP contribution in [0.2, 0.25) is 5.02 Å². The Labute approximate surface area is 271 Å². The Morgan fingerprint density at radius 3 is 2.41 bits per heavy atom. The lowest BCUT2D eigenvalue weighted by molar-refractivity contribution is -0.272. The predicted octanol–water partition coefficient (Wildman–Crippen LogP) is 7.14. The zero-order valence-electron chi connectivity index (χ0n) is 25.9. The highest BCUT2D eigenvalue weighted by Crippen LogP contribution is 2.44. The fourth-order valence-corrected chi connectivity index (χ4v) is 6.13. The highest BCUT2D eigenvalue weighted by atomic mass is 35.5.